The molecule has 0 bridgehead atoms. The van der Waals surface area contributed by atoms with Crippen molar-refractivity contribution in [2.45, 2.75) is 13.8 Å². The summed E-state index contributed by atoms with van der Waals surface area (Å²) in [5.41, 5.74) is 1.40. The second kappa shape index (κ2) is 10.9. The summed E-state index contributed by atoms with van der Waals surface area (Å²) in [5, 5.41) is 29.7. The predicted molar refractivity (Wildman–Crippen MR) is 160 cm³/mol. The molecule has 6 rings (SSSR count). The lowest BCUT2D eigenvalue weighted by molar-refractivity contribution is -0.120. The normalized spacial score (nSPS) is 13.0. The van der Waals surface area contributed by atoms with Crippen molar-refractivity contribution in [1.29, 1.82) is 0 Å². The Bertz CT molecular complexity index is 2280. The van der Waals surface area contributed by atoms with Gasteiger partial charge in [-0.1, -0.05) is 6.08 Å². The summed E-state index contributed by atoms with van der Waals surface area (Å²) in [4.78, 5) is 66.6. The third-order valence-electron chi connectivity index (χ3n) is 7.36. The number of anilines is 1. The zero-order chi connectivity index (χ0) is 32.0. The molecule has 3 aliphatic rings. The van der Waals surface area contributed by atoms with Crippen LogP contribution in [0.1, 0.15) is 37.4 Å². The molecule has 4 N–H and O–H groups in total. The van der Waals surface area contributed by atoms with Gasteiger partial charge < -0.3 is 24.9 Å². The van der Waals surface area contributed by atoms with Gasteiger partial charge in [-0.05, 0) is 85.7 Å². The first-order valence-electron chi connectivity index (χ1n) is 13.3. The summed E-state index contributed by atoms with van der Waals surface area (Å²) in [6, 6.07) is 11.7. The van der Waals surface area contributed by atoms with E-state index in [1.54, 1.807) is 26.0 Å². The molecule has 45 heavy (non-hydrogen) atoms. The smallest absolute Gasteiger partial charge is 0.335 e. The molecule has 2 aromatic carbocycles. The highest BCUT2D eigenvalue weighted by Crippen LogP contribution is 2.30. The van der Waals surface area contributed by atoms with E-state index in [2.05, 4.69) is 20.2 Å². The number of aromatic carboxylic acids is 1. The van der Waals surface area contributed by atoms with E-state index in [1.807, 2.05) is 0 Å². The topological polar surface area (TPSA) is 200 Å². The van der Waals surface area contributed by atoms with E-state index in [0.29, 0.717) is 22.5 Å². The standard InChI is InChI=1S/C31H22N6O8/c1-15-21(27(39)32-25-23(15)29(41)36(34-25)18-8-6-17(7-9-18)31(43)44)4-3-5-22-16(2)24-26(33-28(22)40)35-37(30(24)42)19-10-12-20(13-11-19)45-14-38/h3-14H,1-2H3,(H,43,44)(H2,32,34,39)(H,33,35,40). The van der Waals surface area contributed by atoms with Crippen molar-refractivity contribution in [3.63, 3.8) is 0 Å². The van der Waals surface area contributed by atoms with E-state index in [9.17, 15) is 29.1 Å². The Morgan fingerprint density at radius 1 is 0.933 bits per heavy atom. The fourth-order valence-corrected chi connectivity index (χ4v) is 5.09. The second-order valence-corrected chi connectivity index (χ2v) is 9.97. The number of hydrogen-bond donors (Lipinski definition) is 4. The van der Waals surface area contributed by atoms with Crippen molar-refractivity contribution in [1.82, 2.24) is 19.7 Å². The van der Waals surface area contributed by atoms with Crippen molar-refractivity contribution >= 4 is 36.2 Å². The monoisotopic (exact) mass is 606 g/mol. The number of hydrogen-bond acceptors (Lipinski definition) is 9. The van der Waals surface area contributed by atoms with Crippen molar-refractivity contribution in [3.05, 3.63) is 114 Å². The Balaban J connectivity index is 1.34. The van der Waals surface area contributed by atoms with Crippen LogP contribution in [0.2, 0.25) is 0 Å². The molecule has 1 aromatic heterocycles. The average molecular weight is 607 g/mol. The quantitative estimate of drug-likeness (QED) is 0.199. The number of nitrogens with one attached hydrogen (secondary N) is 2. The largest absolute Gasteiger partial charge is 0.494 e. The zero-order valence-corrected chi connectivity index (χ0v) is 23.6. The number of carboxylic acid groups (broad SMARTS) is 1. The van der Waals surface area contributed by atoms with Crippen LogP contribution < -0.4 is 31.6 Å². The lowest BCUT2D eigenvalue weighted by atomic mass is 10.0. The van der Waals surface area contributed by atoms with Gasteiger partial charge in [0.1, 0.15) is 5.75 Å². The van der Waals surface area contributed by atoms with Gasteiger partial charge in [-0.3, -0.25) is 19.2 Å². The Hall–Kier alpha value is -6.57. The minimum atomic E-state index is -1.10. The highest BCUT2D eigenvalue weighted by molar-refractivity contribution is 6.08. The van der Waals surface area contributed by atoms with Crippen molar-refractivity contribution in [3.8, 4) is 28.7 Å². The highest BCUT2D eigenvalue weighted by Gasteiger charge is 2.28. The van der Waals surface area contributed by atoms with Gasteiger partial charge in [0.2, 0.25) is 0 Å². The number of H-pyrrole nitrogens is 2. The third-order valence-corrected chi connectivity index (χ3v) is 7.36. The van der Waals surface area contributed by atoms with Gasteiger partial charge >= 0.3 is 5.97 Å². The molecule has 14 heteroatoms. The number of nitrogens with zero attached hydrogens (tertiary/aromatic N) is 4. The number of aromatic nitrogens is 4. The fraction of sp³-hybridized carbons (Fsp3) is 0.0645. The SMILES string of the molecule is Cc1c(C=CC=c2c(C)c3c([nH]c2=O)=NN(c2ccc(OC=O)cc2)C3=O)c(O)[nH]c2nn(-c3ccc(C(=O)O)cc3)c(=O)c1-2. The van der Waals surface area contributed by atoms with Crippen LogP contribution >= 0.6 is 0 Å². The van der Waals surface area contributed by atoms with E-state index in [-0.39, 0.29) is 56.9 Å². The summed E-state index contributed by atoms with van der Waals surface area (Å²) < 4.78 is 5.88. The molecule has 0 saturated carbocycles. The van der Waals surface area contributed by atoms with Crippen LogP contribution in [-0.2, 0) is 4.79 Å². The maximum absolute atomic E-state index is 13.3. The molecule has 0 radical (unpaired) electrons. The third kappa shape index (κ3) is 4.85. The number of carbonyl (C=O) groups excluding carboxylic acids is 2. The maximum Gasteiger partial charge on any atom is 0.335 e. The van der Waals surface area contributed by atoms with Gasteiger partial charge in [0.25, 0.3) is 23.5 Å². The van der Waals surface area contributed by atoms with E-state index in [0.717, 1.165) is 9.69 Å². The number of amides is 1. The number of fused-ring (bicyclic) bond motifs is 2. The molecule has 0 aliphatic carbocycles. The van der Waals surface area contributed by atoms with Crippen LogP contribution in [0, 0.1) is 13.8 Å². The highest BCUT2D eigenvalue weighted by atomic mass is 16.5. The molecular weight excluding hydrogens is 584 g/mol. The number of carboxylic acids is 1. The van der Waals surface area contributed by atoms with E-state index < -0.39 is 23.0 Å². The number of rotatable bonds is 7. The van der Waals surface area contributed by atoms with Crippen LogP contribution in [0.3, 0.4) is 0 Å². The minimum Gasteiger partial charge on any atom is -0.494 e. The Morgan fingerprint density at radius 2 is 1.62 bits per heavy atom. The Labute approximate surface area is 251 Å². The number of aromatic hydroxyl groups is 1. The lowest BCUT2D eigenvalue weighted by Gasteiger charge is -2.12. The maximum atomic E-state index is 13.3. The Morgan fingerprint density at radius 3 is 2.29 bits per heavy atom. The van der Waals surface area contributed by atoms with E-state index in [1.165, 1.54) is 54.6 Å². The first-order valence-corrected chi connectivity index (χ1v) is 13.3. The first-order chi connectivity index (χ1) is 21.6. The molecule has 0 atom stereocenters. The van der Waals surface area contributed by atoms with Crippen LogP contribution in [0.15, 0.2) is 69.3 Å². The van der Waals surface area contributed by atoms with Crippen molar-refractivity contribution in [2.24, 2.45) is 5.10 Å². The van der Waals surface area contributed by atoms with Crippen LogP contribution in [0.4, 0.5) is 5.69 Å². The molecule has 224 valence electrons. The van der Waals surface area contributed by atoms with Gasteiger partial charge in [0, 0.05) is 10.8 Å². The van der Waals surface area contributed by atoms with Gasteiger partial charge in [0.05, 0.1) is 28.1 Å². The second-order valence-electron chi connectivity index (χ2n) is 9.97. The van der Waals surface area contributed by atoms with E-state index >= 15 is 0 Å². The number of allylic oxidation sites excluding steroid dienone is 1. The zero-order valence-electron chi connectivity index (χ0n) is 23.6. The average Bonchev–Trinajstić information content (AvgIpc) is 3.52. The molecule has 1 amide bonds. The summed E-state index contributed by atoms with van der Waals surface area (Å²) in [7, 11) is 0. The minimum absolute atomic E-state index is 0.0535. The van der Waals surface area contributed by atoms with Crippen LogP contribution in [0.5, 0.6) is 11.6 Å². The predicted octanol–water partition coefficient (Wildman–Crippen LogP) is 1.60. The first kappa shape index (κ1) is 28.5. The molecule has 4 heterocycles. The molecule has 0 spiro atoms. The van der Waals surface area contributed by atoms with Gasteiger partial charge in [0.15, 0.2) is 17.2 Å². The lowest BCUT2D eigenvalue weighted by Crippen LogP contribution is -2.38. The number of pyridine rings is 2. The molecule has 3 aromatic rings. The molecule has 0 saturated heterocycles. The number of carbonyl (C=O) groups is 3. The number of benzene rings is 2. The van der Waals surface area contributed by atoms with Crippen LogP contribution in [0.25, 0.3) is 29.2 Å². The summed E-state index contributed by atoms with van der Waals surface area (Å²) in [6.07, 6.45) is 4.49. The fourth-order valence-electron chi connectivity index (χ4n) is 5.09. The summed E-state index contributed by atoms with van der Waals surface area (Å²) in [6.45, 7) is 3.54. The van der Waals surface area contributed by atoms with Gasteiger partial charge in [-0.2, -0.15) is 9.69 Å². The molecule has 3 aliphatic heterocycles. The van der Waals surface area contributed by atoms with Crippen molar-refractivity contribution in [2.75, 3.05) is 5.01 Å². The van der Waals surface area contributed by atoms with Crippen LogP contribution in [-0.4, -0.2) is 48.3 Å². The Kier molecular flexibility index (Phi) is 6.93. The van der Waals surface area contributed by atoms with Crippen molar-refractivity contribution < 1.29 is 29.3 Å². The molecule has 0 unspecified atom stereocenters. The number of aromatic amines is 2. The molecular formula is C31H22N6O8. The number of ether oxygens (including phenoxy) is 1. The summed E-state index contributed by atoms with van der Waals surface area (Å²) >= 11 is 0. The van der Waals surface area contributed by atoms with Gasteiger partial charge in [-0.25, -0.2) is 4.79 Å². The molecule has 0 fully saturated rings. The van der Waals surface area contributed by atoms with E-state index in [4.69, 9.17) is 9.84 Å². The van der Waals surface area contributed by atoms with Gasteiger partial charge in [-0.15, -0.1) is 10.2 Å². The summed E-state index contributed by atoms with van der Waals surface area (Å²) in [5.74, 6) is -1.43. The molecule has 14 nitrogen and oxygen atoms in total.